The highest BCUT2D eigenvalue weighted by Crippen LogP contribution is 2.19. The predicted molar refractivity (Wildman–Crippen MR) is 37.3 cm³/mol. The quantitative estimate of drug-likeness (QED) is 0.518. The molecule has 1 heterocycles. The van der Waals surface area contributed by atoms with Gasteiger partial charge in [0.25, 0.3) is 0 Å². The maximum atomic E-state index is 10.8. The summed E-state index contributed by atoms with van der Waals surface area (Å²) >= 11 is 0. The fourth-order valence-electron chi connectivity index (χ4n) is 0.667. The van der Waals surface area contributed by atoms with Gasteiger partial charge in [-0.3, -0.25) is 4.79 Å². The molecule has 0 unspecified atom stereocenters. The van der Waals surface area contributed by atoms with Gasteiger partial charge in [-0.25, -0.2) is 0 Å². The molecule has 54 valence electrons. The molecule has 0 radical (unpaired) electrons. The van der Waals surface area contributed by atoms with Crippen LogP contribution < -0.4 is 0 Å². The Morgan fingerprint density at radius 2 is 2.18 bits per heavy atom. The number of carbonyl (C=O) groups is 1. The molecule has 4 heteroatoms. The van der Waals surface area contributed by atoms with Crippen LogP contribution in [0.25, 0.3) is 0 Å². The van der Waals surface area contributed by atoms with Crippen molar-refractivity contribution in [1.82, 2.24) is 0 Å². The summed E-state index contributed by atoms with van der Waals surface area (Å²) in [6.45, 7) is 5.13. The smallest absolute Gasteiger partial charge is 0.264 e. The van der Waals surface area contributed by atoms with Gasteiger partial charge in [-0.1, -0.05) is 6.58 Å². The van der Waals surface area contributed by atoms with Gasteiger partial charge >= 0.3 is 5.91 Å². The summed E-state index contributed by atoms with van der Waals surface area (Å²) in [4.78, 5) is 10.8. The number of nitrogens with zero attached hydrogens (tertiary/aromatic N) is 3. The van der Waals surface area contributed by atoms with E-state index >= 15 is 0 Å². The van der Waals surface area contributed by atoms with E-state index in [0.29, 0.717) is 11.3 Å². The van der Waals surface area contributed by atoms with Crippen LogP contribution in [0.15, 0.2) is 33.7 Å². The molecule has 0 aromatic heterocycles. The first-order valence-electron chi connectivity index (χ1n) is 2.93. The molecule has 0 aromatic rings. The zero-order chi connectivity index (χ0) is 8.43. The molecule has 0 saturated heterocycles. The molecule has 0 aliphatic carbocycles. The number of nitriles is 1. The van der Waals surface area contributed by atoms with Gasteiger partial charge in [0.1, 0.15) is 11.6 Å². The lowest BCUT2D eigenvalue weighted by atomic mass is 10.1. The van der Waals surface area contributed by atoms with Crippen LogP contribution in [0.3, 0.4) is 0 Å². The summed E-state index contributed by atoms with van der Waals surface area (Å²) in [5.41, 5.74) is 0.915. The van der Waals surface area contributed by atoms with Gasteiger partial charge in [0.05, 0.1) is 5.70 Å². The maximum Gasteiger partial charge on any atom is 0.306 e. The molecule has 0 saturated carbocycles. The fourth-order valence-corrected chi connectivity index (χ4v) is 0.667. The summed E-state index contributed by atoms with van der Waals surface area (Å²) in [5.74, 6) is -0.586. The van der Waals surface area contributed by atoms with E-state index in [1.54, 1.807) is 13.0 Å². The van der Waals surface area contributed by atoms with Crippen LogP contribution in [0, 0.1) is 11.3 Å². The Morgan fingerprint density at radius 3 is 2.64 bits per heavy atom. The van der Waals surface area contributed by atoms with Crippen LogP contribution in [0.5, 0.6) is 0 Å². The largest absolute Gasteiger partial charge is 0.306 e. The summed E-state index contributed by atoms with van der Waals surface area (Å²) < 4.78 is 0. The standard InChI is InChI=1S/C7H5N3O/c1-4-5(2)9-10-7(11)6(4)3-8/h2H2,1H3. The van der Waals surface area contributed by atoms with Crippen molar-refractivity contribution in [3.63, 3.8) is 0 Å². The molecule has 0 bridgehead atoms. The Kier molecular flexibility index (Phi) is 1.65. The Labute approximate surface area is 63.5 Å². The SMILES string of the molecule is C=C1N=NC(=O)C(C#N)=C1C. The van der Waals surface area contributed by atoms with Crippen LogP contribution in [-0.2, 0) is 4.79 Å². The first-order chi connectivity index (χ1) is 5.16. The van der Waals surface area contributed by atoms with Crippen molar-refractivity contribution >= 4 is 5.91 Å². The van der Waals surface area contributed by atoms with Gasteiger partial charge in [-0.2, -0.15) is 5.26 Å². The Bertz CT molecular complexity index is 330. The van der Waals surface area contributed by atoms with E-state index in [1.165, 1.54) is 0 Å². The monoisotopic (exact) mass is 147 g/mol. The normalized spacial score (nSPS) is 17.1. The first kappa shape index (κ1) is 7.35. The topological polar surface area (TPSA) is 65.6 Å². The molecule has 0 N–H and O–H groups in total. The zero-order valence-corrected chi connectivity index (χ0v) is 5.96. The highest BCUT2D eigenvalue weighted by Gasteiger charge is 2.17. The van der Waals surface area contributed by atoms with Crippen LogP contribution in [0.2, 0.25) is 0 Å². The van der Waals surface area contributed by atoms with Crippen LogP contribution in [-0.4, -0.2) is 5.91 Å². The predicted octanol–water partition coefficient (Wildman–Crippen LogP) is 1.33. The molecule has 1 amide bonds. The number of amides is 1. The molecular formula is C7H5N3O. The van der Waals surface area contributed by atoms with E-state index in [9.17, 15) is 4.79 Å². The van der Waals surface area contributed by atoms with E-state index in [4.69, 9.17) is 5.26 Å². The number of azo groups is 1. The van der Waals surface area contributed by atoms with Crippen molar-refractivity contribution < 1.29 is 4.79 Å². The van der Waals surface area contributed by atoms with Gasteiger partial charge in [0, 0.05) is 0 Å². The second kappa shape index (κ2) is 2.46. The maximum absolute atomic E-state index is 10.8. The van der Waals surface area contributed by atoms with E-state index in [0.717, 1.165) is 0 Å². The van der Waals surface area contributed by atoms with Crippen molar-refractivity contribution in [2.24, 2.45) is 10.2 Å². The minimum Gasteiger partial charge on any atom is -0.264 e. The third-order valence-electron chi connectivity index (χ3n) is 1.40. The van der Waals surface area contributed by atoms with Crippen LogP contribution >= 0.6 is 0 Å². The van der Waals surface area contributed by atoms with E-state index in [2.05, 4.69) is 16.8 Å². The van der Waals surface area contributed by atoms with Crippen LogP contribution in [0.1, 0.15) is 6.92 Å². The lowest BCUT2D eigenvalue weighted by Crippen LogP contribution is -2.04. The summed E-state index contributed by atoms with van der Waals surface area (Å²) in [5, 5.41) is 15.2. The second-order valence-corrected chi connectivity index (χ2v) is 2.06. The highest BCUT2D eigenvalue weighted by molar-refractivity contribution is 5.99. The van der Waals surface area contributed by atoms with Crippen molar-refractivity contribution in [3.05, 3.63) is 23.4 Å². The Balaban J connectivity index is 3.23. The fraction of sp³-hybridized carbons (Fsp3) is 0.143. The molecule has 0 fully saturated rings. The molecule has 0 aromatic carbocycles. The molecular weight excluding hydrogens is 142 g/mol. The summed E-state index contributed by atoms with van der Waals surface area (Å²) in [6.07, 6.45) is 0. The minimum atomic E-state index is -0.586. The average molecular weight is 147 g/mol. The van der Waals surface area contributed by atoms with Crippen molar-refractivity contribution in [3.8, 4) is 6.07 Å². The third kappa shape index (κ3) is 1.08. The van der Waals surface area contributed by atoms with Gasteiger partial charge in [-0.05, 0) is 12.5 Å². The number of hydrogen-bond acceptors (Lipinski definition) is 3. The second-order valence-electron chi connectivity index (χ2n) is 2.06. The van der Waals surface area contributed by atoms with E-state index in [-0.39, 0.29) is 5.57 Å². The number of hydrogen-bond donors (Lipinski definition) is 0. The van der Waals surface area contributed by atoms with Crippen LogP contribution in [0.4, 0.5) is 0 Å². The molecule has 4 nitrogen and oxygen atoms in total. The van der Waals surface area contributed by atoms with E-state index in [1.807, 2.05) is 0 Å². The summed E-state index contributed by atoms with van der Waals surface area (Å²) in [6, 6.07) is 1.75. The van der Waals surface area contributed by atoms with Crippen molar-refractivity contribution in [2.75, 3.05) is 0 Å². The molecule has 1 aliphatic heterocycles. The van der Waals surface area contributed by atoms with Crippen molar-refractivity contribution in [1.29, 1.82) is 5.26 Å². The average Bonchev–Trinajstić information content (AvgIpc) is 1.99. The summed E-state index contributed by atoms with van der Waals surface area (Å²) in [7, 11) is 0. The van der Waals surface area contributed by atoms with Gasteiger partial charge in [0.2, 0.25) is 0 Å². The number of rotatable bonds is 0. The molecule has 11 heavy (non-hydrogen) atoms. The van der Waals surface area contributed by atoms with E-state index < -0.39 is 5.91 Å². The first-order valence-corrected chi connectivity index (χ1v) is 2.93. The molecule has 0 spiro atoms. The molecule has 1 rings (SSSR count). The van der Waals surface area contributed by atoms with Gasteiger partial charge in [-0.15, -0.1) is 10.2 Å². The lowest BCUT2D eigenvalue weighted by molar-refractivity contribution is -0.114. The Hall–Kier alpha value is -1.76. The molecule has 1 aliphatic rings. The van der Waals surface area contributed by atoms with Gasteiger partial charge in [0.15, 0.2) is 0 Å². The molecule has 0 atom stereocenters. The van der Waals surface area contributed by atoms with Gasteiger partial charge < -0.3 is 0 Å². The Morgan fingerprint density at radius 1 is 1.55 bits per heavy atom. The zero-order valence-electron chi connectivity index (χ0n) is 5.96. The minimum absolute atomic E-state index is 0.0324. The highest BCUT2D eigenvalue weighted by atomic mass is 16.1. The van der Waals surface area contributed by atoms with Crippen molar-refractivity contribution in [2.45, 2.75) is 6.92 Å². The number of carbonyl (C=O) groups excluding carboxylic acids is 1. The number of allylic oxidation sites excluding steroid dienone is 1. The lowest BCUT2D eigenvalue weighted by Gasteiger charge is -2.04. The third-order valence-corrected chi connectivity index (χ3v) is 1.40.